The fourth-order valence-electron chi connectivity index (χ4n) is 3.60. The molecule has 0 bridgehead atoms. The van der Waals surface area contributed by atoms with Crippen LogP contribution in [0.15, 0.2) is 18.2 Å². The van der Waals surface area contributed by atoms with Crippen LogP contribution in [0, 0.1) is 24.7 Å². The molecule has 5 heteroatoms. The van der Waals surface area contributed by atoms with Gasteiger partial charge in [-0.05, 0) is 55.7 Å². The molecule has 1 aromatic rings. The van der Waals surface area contributed by atoms with Crippen molar-refractivity contribution in [1.29, 1.82) is 0 Å². The quantitative estimate of drug-likeness (QED) is 0.799. The van der Waals surface area contributed by atoms with Crippen LogP contribution in [0.25, 0.3) is 0 Å². The highest BCUT2D eigenvalue weighted by Crippen LogP contribution is 2.24. The molecule has 0 aliphatic carbocycles. The van der Waals surface area contributed by atoms with Crippen LogP contribution < -0.4 is 10.6 Å². The summed E-state index contributed by atoms with van der Waals surface area (Å²) in [6, 6.07) is 5.84. The van der Waals surface area contributed by atoms with E-state index in [1.54, 1.807) is 0 Å². The van der Waals surface area contributed by atoms with E-state index in [2.05, 4.69) is 38.3 Å². The second kappa shape index (κ2) is 9.25. The Morgan fingerprint density at radius 3 is 2.37 bits per heavy atom. The van der Waals surface area contributed by atoms with E-state index in [4.69, 9.17) is 0 Å². The van der Waals surface area contributed by atoms with Crippen LogP contribution in [-0.4, -0.2) is 42.4 Å². The third-order valence-electron chi connectivity index (χ3n) is 5.47. The molecule has 5 nitrogen and oxygen atoms in total. The maximum atomic E-state index is 12.9. The average molecular weight is 374 g/mol. The Morgan fingerprint density at radius 1 is 1.15 bits per heavy atom. The zero-order valence-corrected chi connectivity index (χ0v) is 17.6. The Kier molecular flexibility index (Phi) is 7.28. The minimum atomic E-state index is -0.0361. The number of benzene rings is 1. The number of anilines is 1. The van der Waals surface area contributed by atoms with Crippen LogP contribution in [0.5, 0.6) is 0 Å². The molecular weight excluding hydrogens is 338 g/mol. The fraction of sp³-hybridized carbons (Fsp3) is 0.636. The number of aryl methyl sites for hydroxylation is 1. The molecular formula is C22H35N3O2. The minimum Gasteiger partial charge on any atom is -0.376 e. The fourth-order valence-corrected chi connectivity index (χ4v) is 3.60. The molecule has 0 spiro atoms. The van der Waals surface area contributed by atoms with E-state index in [-0.39, 0.29) is 24.4 Å². The van der Waals surface area contributed by atoms with E-state index in [0.29, 0.717) is 23.3 Å². The highest BCUT2D eigenvalue weighted by atomic mass is 16.2. The molecule has 3 atom stereocenters. The van der Waals surface area contributed by atoms with Gasteiger partial charge in [-0.2, -0.15) is 0 Å². The average Bonchev–Trinajstić information content (AvgIpc) is 2.59. The van der Waals surface area contributed by atoms with Gasteiger partial charge in [0.25, 0.3) is 5.91 Å². The number of carbonyl (C=O) groups excluding carboxylic acids is 2. The van der Waals surface area contributed by atoms with Gasteiger partial charge in [0.2, 0.25) is 5.91 Å². The molecule has 0 aromatic heterocycles. The monoisotopic (exact) mass is 373 g/mol. The summed E-state index contributed by atoms with van der Waals surface area (Å²) in [4.78, 5) is 27.0. The highest BCUT2D eigenvalue weighted by Gasteiger charge is 2.26. The molecule has 1 fully saturated rings. The first-order valence-corrected chi connectivity index (χ1v) is 10.1. The van der Waals surface area contributed by atoms with Gasteiger partial charge in [-0.3, -0.25) is 9.59 Å². The Bertz CT molecular complexity index is 662. The number of carbonyl (C=O) groups is 2. The second-order valence-electron chi connectivity index (χ2n) is 8.64. The molecule has 1 saturated heterocycles. The third-order valence-corrected chi connectivity index (χ3v) is 5.47. The topological polar surface area (TPSA) is 61.4 Å². The first-order valence-electron chi connectivity index (χ1n) is 10.1. The van der Waals surface area contributed by atoms with Gasteiger partial charge in [-0.25, -0.2) is 0 Å². The molecule has 2 amide bonds. The Hall–Kier alpha value is -2.04. The van der Waals surface area contributed by atoms with E-state index in [9.17, 15) is 9.59 Å². The second-order valence-corrected chi connectivity index (χ2v) is 8.64. The number of nitrogens with one attached hydrogen (secondary N) is 2. The number of piperidine rings is 1. The van der Waals surface area contributed by atoms with Crippen molar-refractivity contribution in [3.05, 3.63) is 29.3 Å². The predicted octanol–water partition coefficient (Wildman–Crippen LogP) is 3.69. The zero-order chi connectivity index (χ0) is 20.1. The van der Waals surface area contributed by atoms with Crippen LogP contribution in [-0.2, 0) is 4.79 Å². The molecule has 2 rings (SSSR count). The van der Waals surface area contributed by atoms with Crippen molar-refractivity contribution < 1.29 is 9.59 Å². The summed E-state index contributed by atoms with van der Waals surface area (Å²) in [6.45, 7) is 14.4. The highest BCUT2D eigenvalue weighted by molar-refractivity contribution is 5.95. The summed E-state index contributed by atoms with van der Waals surface area (Å²) in [5, 5.41) is 6.18. The number of rotatable bonds is 6. The van der Waals surface area contributed by atoms with E-state index < -0.39 is 0 Å². The van der Waals surface area contributed by atoms with Crippen LogP contribution in [0.4, 0.5) is 5.69 Å². The maximum Gasteiger partial charge on any atom is 0.253 e. The Balaban J connectivity index is 2.03. The Morgan fingerprint density at radius 2 is 1.78 bits per heavy atom. The molecule has 1 aromatic carbocycles. The number of hydrogen-bond donors (Lipinski definition) is 2. The molecule has 0 radical (unpaired) electrons. The molecule has 2 N–H and O–H groups in total. The largest absolute Gasteiger partial charge is 0.376 e. The number of nitrogens with zero attached hydrogens (tertiary/aromatic N) is 1. The van der Waals surface area contributed by atoms with Crippen LogP contribution in [0.1, 0.15) is 57.0 Å². The SMILES string of the molecule is Cc1ccc(C(=O)N2CC(C)CC(C)C2)cc1NCC(=O)NC(C)C(C)C. The van der Waals surface area contributed by atoms with Gasteiger partial charge in [-0.15, -0.1) is 0 Å². The van der Waals surface area contributed by atoms with Crippen molar-refractivity contribution in [1.82, 2.24) is 10.2 Å². The summed E-state index contributed by atoms with van der Waals surface area (Å²) in [7, 11) is 0. The van der Waals surface area contributed by atoms with E-state index in [1.165, 1.54) is 6.42 Å². The smallest absolute Gasteiger partial charge is 0.253 e. The molecule has 27 heavy (non-hydrogen) atoms. The lowest BCUT2D eigenvalue weighted by Gasteiger charge is -2.35. The molecule has 150 valence electrons. The summed E-state index contributed by atoms with van der Waals surface area (Å²) >= 11 is 0. The maximum absolute atomic E-state index is 12.9. The zero-order valence-electron chi connectivity index (χ0n) is 17.6. The van der Waals surface area contributed by atoms with Gasteiger partial charge in [0.1, 0.15) is 0 Å². The van der Waals surface area contributed by atoms with Crippen molar-refractivity contribution in [2.45, 2.75) is 54.0 Å². The summed E-state index contributed by atoms with van der Waals surface area (Å²) < 4.78 is 0. The molecule has 0 saturated carbocycles. The van der Waals surface area contributed by atoms with Crippen LogP contribution in [0.3, 0.4) is 0 Å². The summed E-state index contributed by atoms with van der Waals surface area (Å²) in [5.41, 5.74) is 2.54. The van der Waals surface area contributed by atoms with Gasteiger partial charge >= 0.3 is 0 Å². The first kappa shape index (κ1) is 21.3. The lowest BCUT2D eigenvalue weighted by molar-refractivity contribution is -0.120. The van der Waals surface area contributed by atoms with Gasteiger partial charge in [-0.1, -0.05) is 33.8 Å². The normalized spacial score (nSPS) is 21.1. The summed E-state index contributed by atoms with van der Waals surface area (Å²) in [5.74, 6) is 1.51. The van der Waals surface area contributed by atoms with Crippen LogP contribution >= 0.6 is 0 Å². The van der Waals surface area contributed by atoms with E-state index in [1.807, 2.05) is 36.9 Å². The predicted molar refractivity (Wildman–Crippen MR) is 111 cm³/mol. The van der Waals surface area contributed by atoms with Crippen molar-refractivity contribution in [2.24, 2.45) is 17.8 Å². The van der Waals surface area contributed by atoms with Crippen molar-refractivity contribution >= 4 is 17.5 Å². The minimum absolute atomic E-state index is 0.0361. The third kappa shape index (κ3) is 5.98. The van der Waals surface area contributed by atoms with E-state index in [0.717, 1.165) is 24.3 Å². The van der Waals surface area contributed by atoms with Gasteiger partial charge in [0.15, 0.2) is 0 Å². The number of likely N-dealkylation sites (tertiary alicyclic amines) is 1. The van der Waals surface area contributed by atoms with Crippen LogP contribution in [0.2, 0.25) is 0 Å². The van der Waals surface area contributed by atoms with Gasteiger partial charge in [0.05, 0.1) is 6.54 Å². The molecule has 1 heterocycles. The van der Waals surface area contributed by atoms with Gasteiger partial charge < -0.3 is 15.5 Å². The summed E-state index contributed by atoms with van der Waals surface area (Å²) in [6.07, 6.45) is 1.17. The van der Waals surface area contributed by atoms with Crippen molar-refractivity contribution in [3.63, 3.8) is 0 Å². The Labute approximate surface area is 163 Å². The van der Waals surface area contributed by atoms with Crippen molar-refractivity contribution in [2.75, 3.05) is 25.0 Å². The number of amides is 2. The standard InChI is InChI=1S/C22H35N3O2/c1-14(2)18(6)24-21(26)11-23-20-10-19(8-7-17(20)5)22(27)25-12-15(3)9-16(4)13-25/h7-8,10,14-16,18,23H,9,11-13H2,1-6H3,(H,24,26). The lowest BCUT2D eigenvalue weighted by Crippen LogP contribution is -2.42. The van der Waals surface area contributed by atoms with Gasteiger partial charge in [0, 0.05) is 30.4 Å². The lowest BCUT2D eigenvalue weighted by atomic mass is 9.91. The van der Waals surface area contributed by atoms with E-state index >= 15 is 0 Å². The molecule has 1 aliphatic heterocycles. The molecule has 1 aliphatic rings. The molecule has 3 unspecified atom stereocenters. The van der Waals surface area contributed by atoms with Crippen molar-refractivity contribution in [3.8, 4) is 0 Å². The first-order chi connectivity index (χ1) is 12.7. The number of hydrogen-bond acceptors (Lipinski definition) is 3.